The Labute approximate surface area is 360 Å². The topological polar surface area (TPSA) is 9.86 Å². The Morgan fingerprint density at radius 1 is 0.194 bits per heavy atom. The molecule has 0 fully saturated rings. The molecular formula is C60H40N2. The molecule has 0 radical (unpaired) electrons. The van der Waals surface area contributed by atoms with Crippen LogP contribution < -0.4 is 0 Å². The second-order valence-corrected chi connectivity index (χ2v) is 16.1. The van der Waals surface area contributed by atoms with Gasteiger partial charge in [-0.3, -0.25) is 0 Å². The van der Waals surface area contributed by atoms with E-state index in [0.717, 1.165) is 11.4 Å². The fourth-order valence-corrected chi connectivity index (χ4v) is 9.59. The minimum absolute atomic E-state index is 1.14. The van der Waals surface area contributed by atoms with Gasteiger partial charge < -0.3 is 9.13 Å². The molecule has 62 heavy (non-hydrogen) atoms. The molecule has 0 spiro atoms. The van der Waals surface area contributed by atoms with Gasteiger partial charge in [0.2, 0.25) is 0 Å². The van der Waals surface area contributed by atoms with Crippen molar-refractivity contribution in [1.29, 1.82) is 0 Å². The summed E-state index contributed by atoms with van der Waals surface area (Å²) in [5.74, 6) is 0. The number of hydrogen-bond acceptors (Lipinski definition) is 0. The van der Waals surface area contributed by atoms with Gasteiger partial charge in [0.1, 0.15) is 0 Å². The van der Waals surface area contributed by atoms with Crippen molar-refractivity contribution in [2.45, 2.75) is 0 Å². The Hall–Kier alpha value is -8.20. The lowest BCUT2D eigenvalue weighted by atomic mass is 9.94. The number of hydrogen-bond donors (Lipinski definition) is 0. The molecule has 0 saturated carbocycles. The molecule has 0 amide bonds. The van der Waals surface area contributed by atoms with E-state index in [-0.39, 0.29) is 0 Å². The number of aromatic nitrogens is 2. The number of para-hydroxylation sites is 1. The molecule has 2 heterocycles. The van der Waals surface area contributed by atoms with Crippen LogP contribution in [0.3, 0.4) is 0 Å². The highest BCUT2D eigenvalue weighted by Gasteiger charge is 2.18. The molecule has 0 aliphatic heterocycles. The molecule has 0 unspecified atom stereocenters. The van der Waals surface area contributed by atoms with E-state index in [1.165, 1.54) is 99.2 Å². The molecule has 2 aromatic heterocycles. The van der Waals surface area contributed by atoms with Crippen molar-refractivity contribution in [2.24, 2.45) is 0 Å². The van der Waals surface area contributed by atoms with Gasteiger partial charge in [0.05, 0.1) is 22.1 Å². The third-order valence-corrected chi connectivity index (χ3v) is 12.5. The predicted molar refractivity (Wildman–Crippen MR) is 262 cm³/mol. The Morgan fingerprint density at radius 3 is 1.10 bits per heavy atom. The van der Waals surface area contributed by atoms with Crippen LogP contribution in [0.25, 0.3) is 111 Å². The summed E-state index contributed by atoms with van der Waals surface area (Å²) in [4.78, 5) is 0. The second-order valence-electron chi connectivity index (χ2n) is 16.1. The molecule has 12 aromatic rings. The minimum atomic E-state index is 1.14. The molecule has 0 aliphatic rings. The van der Waals surface area contributed by atoms with Crippen molar-refractivity contribution in [3.8, 4) is 67.0 Å². The largest absolute Gasteiger partial charge is 0.309 e. The smallest absolute Gasteiger partial charge is 0.0541 e. The fraction of sp³-hybridized carbons (Fsp3) is 0. The van der Waals surface area contributed by atoms with E-state index >= 15 is 0 Å². The van der Waals surface area contributed by atoms with Crippen molar-refractivity contribution in [1.82, 2.24) is 9.13 Å². The number of benzene rings is 10. The standard InChI is InChI=1S/C60H40N2/c1-4-16-41(17-5-1)44-22-14-24-49(36-44)62-59-33-30-45(42-18-6-2-7-19-42)38-55(59)56-40-47(32-35-60(56)62)46-31-34-58-54(39-46)53-28-12-13-29-57(53)61(58)50-25-15-23-48(37-50)52-27-11-10-26-51(52)43-20-8-3-9-21-43/h1-40H. The van der Waals surface area contributed by atoms with Crippen LogP contribution in [-0.2, 0) is 0 Å². The maximum atomic E-state index is 2.43. The molecular weight excluding hydrogens is 749 g/mol. The summed E-state index contributed by atoms with van der Waals surface area (Å²) >= 11 is 0. The van der Waals surface area contributed by atoms with Crippen LogP contribution in [0.15, 0.2) is 243 Å². The first-order chi connectivity index (χ1) is 30.7. The minimum Gasteiger partial charge on any atom is -0.309 e. The molecule has 290 valence electrons. The van der Waals surface area contributed by atoms with Crippen molar-refractivity contribution >= 4 is 43.6 Å². The zero-order chi connectivity index (χ0) is 41.0. The normalized spacial score (nSPS) is 11.5. The van der Waals surface area contributed by atoms with Crippen molar-refractivity contribution < 1.29 is 0 Å². The molecule has 0 aliphatic carbocycles. The predicted octanol–water partition coefficient (Wildman–Crippen LogP) is 16.2. The first-order valence-electron chi connectivity index (χ1n) is 21.3. The number of rotatable bonds is 7. The quantitative estimate of drug-likeness (QED) is 0.152. The molecule has 2 nitrogen and oxygen atoms in total. The van der Waals surface area contributed by atoms with Gasteiger partial charge in [0.25, 0.3) is 0 Å². The third kappa shape index (κ3) is 6.04. The summed E-state index contributed by atoms with van der Waals surface area (Å²) in [6, 6.07) is 88.4. The van der Waals surface area contributed by atoms with E-state index < -0.39 is 0 Å². The van der Waals surface area contributed by atoms with Gasteiger partial charge in [-0.25, -0.2) is 0 Å². The maximum Gasteiger partial charge on any atom is 0.0541 e. The van der Waals surface area contributed by atoms with E-state index in [1.807, 2.05) is 0 Å². The molecule has 12 rings (SSSR count). The first-order valence-corrected chi connectivity index (χ1v) is 21.3. The SMILES string of the molecule is c1ccc(-c2cccc(-n3c4ccc(-c5ccccc5)cc4c4cc(-c5ccc6c(c5)c5ccccc5n6-c5cccc(-c6ccccc6-c6ccccc6)c5)ccc43)c2)cc1. The monoisotopic (exact) mass is 788 g/mol. The van der Waals surface area contributed by atoms with Crippen LogP contribution in [0.1, 0.15) is 0 Å². The summed E-state index contributed by atoms with van der Waals surface area (Å²) in [6.45, 7) is 0. The van der Waals surface area contributed by atoms with Gasteiger partial charge in [0.15, 0.2) is 0 Å². The van der Waals surface area contributed by atoms with E-state index in [0.29, 0.717) is 0 Å². The summed E-state index contributed by atoms with van der Waals surface area (Å²) in [5.41, 5.74) is 19.1. The number of fused-ring (bicyclic) bond motifs is 6. The van der Waals surface area contributed by atoms with Crippen LogP contribution in [0.2, 0.25) is 0 Å². The zero-order valence-corrected chi connectivity index (χ0v) is 34.0. The molecule has 10 aromatic carbocycles. The van der Waals surface area contributed by atoms with Crippen LogP contribution in [0.4, 0.5) is 0 Å². The molecule has 0 N–H and O–H groups in total. The van der Waals surface area contributed by atoms with Gasteiger partial charge in [-0.15, -0.1) is 0 Å². The summed E-state index contributed by atoms with van der Waals surface area (Å²) in [6.07, 6.45) is 0. The summed E-state index contributed by atoms with van der Waals surface area (Å²) in [7, 11) is 0. The average molecular weight is 789 g/mol. The highest BCUT2D eigenvalue weighted by molar-refractivity contribution is 6.13. The van der Waals surface area contributed by atoms with E-state index in [4.69, 9.17) is 0 Å². The van der Waals surface area contributed by atoms with Crippen LogP contribution in [-0.4, -0.2) is 9.13 Å². The Morgan fingerprint density at radius 2 is 0.548 bits per heavy atom. The van der Waals surface area contributed by atoms with Gasteiger partial charge in [-0.1, -0.05) is 176 Å². The van der Waals surface area contributed by atoms with Gasteiger partial charge in [0, 0.05) is 32.9 Å². The molecule has 0 saturated heterocycles. The van der Waals surface area contributed by atoms with Crippen molar-refractivity contribution in [3.05, 3.63) is 243 Å². The van der Waals surface area contributed by atoms with Gasteiger partial charge >= 0.3 is 0 Å². The second kappa shape index (κ2) is 14.8. The first kappa shape index (κ1) is 35.7. The Bertz CT molecular complexity index is 3610. The molecule has 2 heteroatoms. The third-order valence-electron chi connectivity index (χ3n) is 12.5. The summed E-state index contributed by atoms with van der Waals surface area (Å²) in [5, 5.41) is 4.94. The zero-order valence-electron chi connectivity index (χ0n) is 34.0. The highest BCUT2D eigenvalue weighted by atomic mass is 15.0. The number of nitrogens with zero attached hydrogens (tertiary/aromatic N) is 2. The van der Waals surface area contributed by atoms with E-state index in [2.05, 4.69) is 252 Å². The lowest BCUT2D eigenvalue weighted by Gasteiger charge is -2.13. The van der Waals surface area contributed by atoms with Crippen LogP contribution >= 0.6 is 0 Å². The average Bonchev–Trinajstić information content (AvgIpc) is 3.86. The van der Waals surface area contributed by atoms with Crippen molar-refractivity contribution in [2.75, 3.05) is 0 Å². The van der Waals surface area contributed by atoms with Crippen molar-refractivity contribution in [3.63, 3.8) is 0 Å². The Kier molecular flexibility index (Phi) is 8.53. The van der Waals surface area contributed by atoms with E-state index in [1.54, 1.807) is 0 Å². The maximum absolute atomic E-state index is 2.43. The lowest BCUT2D eigenvalue weighted by molar-refractivity contribution is 1.18. The van der Waals surface area contributed by atoms with Crippen LogP contribution in [0, 0.1) is 0 Å². The molecule has 0 bridgehead atoms. The fourth-order valence-electron chi connectivity index (χ4n) is 9.59. The van der Waals surface area contributed by atoms with E-state index in [9.17, 15) is 0 Å². The van der Waals surface area contributed by atoms with Gasteiger partial charge in [-0.05, 0) is 122 Å². The lowest BCUT2D eigenvalue weighted by Crippen LogP contribution is -1.95. The summed E-state index contributed by atoms with van der Waals surface area (Å²) < 4.78 is 4.85. The van der Waals surface area contributed by atoms with Crippen LogP contribution in [0.5, 0.6) is 0 Å². The Balaban J connectivity index is 1.01. The van der Waals surface area contributed by atoms with Gasteiger partial charge in [-0.2, -0.15) is 0 Å². The molecule has 0 atom stereocenters. The highest BCUT2D eigenvalue weighted by Crippen LogP contribution is 2.41.